The third-order valence-electron chi connectivity index (χ3n) is 6.23. The summed E-state index contributed by atoms with van der Waals surface area (Å²) in [6, 6.07) is 9.06. The zero-order valence-electron chi connectivity index (χ0n) is 16.2. The minimum atomic E-state index is -2.91. The van der Waals surface area contributed by atoms with Crippen LogP contribution in [-0.4, -0.2) is 48.1 Å². The smallest absolute Gasteiger partial charge is 0.243 e. The summed E-state index contributed by atoms with van der Waals surface area (Å²) in [7, 11) is -2.91. The van der Waals surface area contributed by atoms with E-state index < -0.39 is 24.5 Å². The number of benzene rings is 1. The molecule has 3 atom stereocenters. The van der Waals surface area contributed by atoms with Crippen LogP contribution in [0.25, 0.3) is 5.57 Å². The van der Waals surface area contributed by atoms with E-state index >= 15 is 4.39 Å². The van der Waals surface area contributed by atoms with E-state index in [9.17, 15) is 9.36 Å². The first kappa shape index (κ1) is 21.3. The zero-order chi connectivity index (χ0) is 19.4. The second-order valence-corrected chi connectivity index (χ2v) is 11.7. The van der Waals surface area contributed by atoms with E-state index in [0.29, 0.717) is 18.7 Å². The Morgan fingerprint density at radius 2 is 1.79 bits per heavy atom. The summed E-state index contributed by atoms with van der Waals surface area (Å²) in [5, 5.41) is -1.09. The van der Waals surface area contributed by atoms with Gasteiger partial charge in [-0.2, -0.15) is 0 Å². The summed E-state index contributed by atoms with van der Waals surface area (Å²) < 4.78 is 30.0. The zero-order valence-corrected chi connectivity index (χ0v) is 17.9. The minimum Gasteiger partial charge on any atom is -0.323 e. The predicted octanol–water partition coefficient (Wildman–Crippen LogP) is 4.06. The number of carbonyl (C=O) groups excluding carboxylic acids is 1. The summed E-state index contributed by atoms with van der Waals surface area (Å²) in [5.74, 6) is -0.220. The summed E-state index contributed by atoms with van der Waals surface area (Å²) in [4.78, 5) is 13.9. The van der Waals surface area contributed by atoms with Crippen molar-refractivity contribution in [2.45, 2.75) is 36.6 Å². The summed E-state index contributed by atoms with van der Waals surface area (Å²) >= 11 is 0. The van der Waals surface area contributed by atoms with E-state index in [4.69, 9.17) is 5.73 Å². The number of amides is 1. The third kappa shape index (κ3) is 3.08. The lowest BCUT2D eigenvalue weighted by Gasteiger charge is -2.46. The number of nitrogens with two attached hydrogens (primary N) is 1. The molecule has 1 aromatic rings. The van der Waals surface area contributed by atoms with Gasteiger partial charge in [-0.1, -0.05) is 36.4 Å². The molecule has 1 aromatic carbocycles. The fraction of sp³-hybridized carbons (Fsp3) is 0.476. The fourth-order valence-corrected chi connectivity index (χ4v) is 7.43. The van der Waals surface area contributed by atoms with Crippen LogP contribution < -0.4 is 5.73 Å². The lowest BCUT2D eigenvalue weighted by molar-refractivity contribution is -0.127. The van der Waals surface area contributed by atoms with E-state index in [2.05, 4.69) is 0 Å². The largest absolute Gasteiger partial charge is 0.323 e. The standard InChI is InChI=1S/C21H26FN2O2P.ClH/c1-27(2,26)21(15-8-9-15)16(14-6-4-3-5-7-14)10-11-18(19(21)22)24-13-12-17(23)20(24)25;/h3-7,10-11,15,17,19H,8-9,12-13,23H2,1-2H3;1H. The van der Waals surface area contributed by atoms with Crippen LogP contribution in [0.1, 0.15) is 24.8 Å². The number of alkyl halides is 1. The number of hydrogen-bond acceptors (Lipinski definition) is 3. The molecule has 3 unspecified atom stereocenters. The Morgan fingerprint density at radius 1 is 1.14 bits per heavy atom. The Labute approximate surface area is 171 Å². The average molecular weight is 425 g/mol. The van der Waals surface area contributed by atoms with Crippen LogP contribution in [0.5, 0.6) is 0 Å². The molecular weight excluding hydrogens is 398 g/mol. The van der Waals surface area contributed by atoms with Gasteiger partial charge in [0.2, 0.25) is 5.91 Å². The number of allylic oxidation sites excluding steroid dienone is 4. The highest BCUT2D eigenvalue weighted by Gasteiger charge is 2.63. The second-order valence-electron chi connectivity index (χ2n) is 8.24. The molecule has 2 N–H and O–H groups in total. The molecule has 1 amide bonds. The molecule has 1 aliphatic heterocycles. The van der Waals surface area contributed by atoms with Crippen molar-refractivity contribution in [3.05, 3.63) is 53.7 Å². The molecular formula is C21H27ClFN2O2P. The molecule has 28 heavy (non-hydrogen) atoms. The van der Waals surface area contributed by atoms with Gasteiger partial charge in [-0.25, -0.2) is 4.39 Å². The van der Waals surface area contributed by atoms with Gasteiger partial charge in [-0.15, -0.1) is 12.4 Å². The van der Waals surface area contributed by atoms with Gasteiger partial charge in [0.05, 0.1) is 24.0 Å². The van der Waals surface area contributed by atoms with Crippen LogP contribution in [0.15, 0.2) is 48.2 Å². The summed E-state index contributed by atoms with van der Waals surface area (Å²) in [6.07, 6.45) is 4.33. The van der Waals surface area contributed by atoms with Crippen LogP contribution in [0.3, 0.4) is 0 Å². The van der Waals surface area contributed by atoms with Crippen molar-refractivity contribution in [3.8, 4) is 0 Å². The van der Waals surface area contributed by atoms with Crippen LogP contribution in [0.2, 0.25) is 0 Å². The van der Waals surface area contributed by atoms with Crippen molar-refractivity contribution >= 4 is 31.0 Å². The molecule has 1 heterocycles. The molecule has 0 radical (unpaired) electrons. The first-order valence-electron chi connectivity index (χ1n) is 9.52. The molecule has 152 valence electrons. The van der Waals surface area contributed by atoms with Crippen molar-refractivity contribution in [3.63, 3.8) is 0 Å². The van der Waals surface area contributed by atoms with Crippen LogP contribution in [0, 0.1) is 5.92 Å². The molecule has 0 spiro atoms. The first-order valence-corrected chi connectivity index (χ1v) is 12.1. The highest BCUT2D eigenvalue weighted by atomic mass is 35.5. The van der Waals surface area contributed by atoms with Crippen molar-refractivity contribution in [1.29, 1.82) is 0 Å². The lowest BCUT2D eigenvalue weighted by Crippen LogP contribution is -2.49. The van der Waals surface area contributed by atoms with Crippen LogP contribution >= 0.6 is 19.5 Å². The van der Waals surface area contributed by atoms with Gasteiger partial charge in [0, 0.05) is 6.54 Å². The van der Waals surface area contributed by atoms with Crippen molar-refractivity contribution in [2.24, 2.45) is 11.7 Å². The Kier molecular flexibility index (Phi) is 5.66. The molecule has 4 rings (SSSR count). The van der Waals surface area contributed by atoms with E-state index in [1.165, 1.54) is 4.90 Å². The summed E-state index contributed by atoms with van der Waals surface area (Å²) in [5.41, 5.74) is 7.87. The predicted molar refractivity (Wildman–Crippen MR) is 114 cm³/mol. The minimum absolute atomic E-state index is 0. The number of halogens is 2. The monoisotopic (exact) mass is 424 g/mol. The SMILES string of the molecule is CP(C)(=O)C1(C2CC2)C(c2ccccc2)=CC=C(N2CCC(N)C2=O)C1F.Cl. The number of nitrogens with zero attached hydrogens (tertiary/aromatic N) is 1. The molecule has 0 bridgehead atoms. The summed E-state index contributed by atoms with van der Waals surface area (Å²) in [6.45, 7) is 3.80. The molecule has 4 nitrogen and oxygen atoms in total. The van der Waals surface area contributed by atoms with Crippen molar-refractivity contribution < 1.29 is 13.8 Å². The average Bonchev–Trinajstić information content (AvgIpc) is 3.42. The molecule has 7 heteroatoms. The van der Waals surface area contributed by atoms with Gasteiger partial charge in [0.15, 0.2) is 6.17 Å². The number of likely N-dealkylation sites (tertiary alicyclic amines) is 1. The molecule has 1 saturated carbocycles. The maximum Gasteiger partial charge on any atom is 0.243 e. The van der Waals surface area contributed by atoms with Gasteiger partial charge in [-0.05, 0) is 55.7 Å². The van der Waals surface area contributed by atoms with Gasteiger partial charge < -0.3 is 15.2 Å². The van der Waals surface area contributed by atoms with E-state index in [0.717, 1.165) is 24.0 Å². The Balaban J connectivity index is 0.00000225. The van der Waals surface area contributed by atoms with E-state index in [-0.39, 0.29) is 24.2 Å². The lowest BCUT2D eigenvalue weighted by atomic mass is 9.79. The molecule has 1 saturated heterocycles. The van der Waals surface area contributed by atoms with E-state index in [1.54, 1.807) is 19.4 Å². The molecule has 0 aromatic heterocycles. The molecule has 2 aliphatic carbocycles. The van der Waals surface area contributed by atoms with Crippen LogP contribution in [-0.2, 0) is 9.36 Å². The van der Waals surface area contributed by atoms with Crippen LogP contribution in [0.4, 0.5) is 4.39 Å². The van der Waals surface area contributed by atoms with Gasteiger partial charge >= 0.3 is 0 Å². The van der Waals surface area contributed by atoms with E-state index in [1.807, 2.05) is 36.4 Å². The molecule has 3 aliphatic rings. The number of hydrogen-bond donors (Lipinski definition) is 1. The maximum atomic E-state index is 16.3. The number of carbonyl (C=O) groups is 1. The molecule has 2 fully saturated rings. The van der Waals surface area contributed by atoms with Crippen molar-refractivity contribution in [2.75, 3.05) is 19.9 Å². The first-order chi connectivity index (χ1) is 12.8. The van der Waals surface area contributed by atoms with Gasteiger partial charge in [0.1, 0.15) is 0 Å². The van der Waals surface area contributed by atoms with Crippen molar-refractivity contribution in [1.82, 2.24) is 4.90 Å². The number of rotatable bonds is 4. The third-order valence-corrected chi connectivity index (χ3v) is 8.85. The quantitative estimate of drug-likeness (QED) is 0.741. The second kappa shape index (κ2) is 7.44. The Hall–Kier alpha value is -1.42. The highest BCUT2D eigenvalue weighted by molar-refractivity contribution is 7.64. The van der Waals surface area contributed by atoms with Gasteiger partial charge in [0.25, 0.3) is 0 Å². The normalized spacial score (nSPS) is 30.6. The highest BCUT2D eigenvalue weighted by Crippen LogP contribution is 2.70. The maximum absolute atomic E-state index is 16.3. The Bertz CT molecular complexity index is 878. The topological polar surface area (TPSA) is 63.4 Å². The van der Waals surface area contributed by atoms with Gasteiger partial charge in [-0.3, -0.25) is 4.79 Å². The Morgan fingerprint density at radius 3 is 2.29 bits per heavy atom. The fourth-order valence-electron chi connectivity index (χ4n) is 4.83.